The molecule has 15 heavy (non-hydrogen) atoms. The van der Waals surface area contributed by atoms with Crippen molar-refractivity contribution in [2.45, 2.75) is 12.8 Å². The lowest BCUT2D eigenvalue weighted by atomic mass is 10.3. The van der Waals surface area contributed by atoms with Crippen LogP contribution in [0.2, 0.25) is 0 Å². The van der Waals surface area contributed by atoms with Crippen LogP contribution in [-0.2, 0) is 14.3 Å². The second-order valence-corrected chi connectivity index (χ2v) is 3.95. The van der Waals surface area contributed by atoms with E-state index in [4.69, 9.17) is 9.47 Å². The maximum Gasteiger partial charge on any atom is 0.306 e. The Morgan fingerprint density at radius 3 is 2.80 bits per heavy atom. The van der Waals surface area contributed by atoms with E-state index in [0.717, 1.165) is 39.3 Å². The number of hydrogen-bond donors (Lipinski definition) is 1. The standard InChI is InChI=1S/C10H19NO3S/c12-10(2-9-15)14-6-1-3-11-4-7-13-8-5-11/h15H,1-9H2. The number of esters is 1. The molecule has 0 aromatic rings. The van der Waals surface area contributed by atoms with Crippen molar-refractivity contribution in [3.8, 4) is 0 Å². The highest BCUT2D eigenvalue weighted by molar-refractivity contribution is 7.80. The zero-order chi connectivity index (χ0) is 10.9. The van der Waals surface area contributed by atoms with Gasteiger partial charge in [-0.3, -0.25) is 9.69 Å². The van der Waals surface area contributed by atoms with Crippen molar-refractivity contribution in [3.05, 3.63) is 0 Å². The molecule has 4 nitrogen and oxygen atoms in total. The predicted octanol–water partition coefficient (Wildman–Crippen LogP) is 0.572. The molecule has 1 saturated heterocycles. The lowest BCUT2D eigenvalue weighted by Gasteiger charge is -2.26. The highest BCUT2D eigenvalue weighted by atomic mass is 32.1. The molecule has 0 radical (unpaired) electrons. The fourth-order valence-corrected chi connectivity index (χ4v) is 1.64. The molecule has 0 amide bonds. The average molecular weight is 233 g/mol. The minimum atomic E-state index is -0.146. The minimum Gasteiger partial charge on any atom is -0.466 e. The van der Waals surface area contributed by atoms with Gasteiger partial charge in [0.1, 0.15) is 0 Å². The van der Waals surface area contributed by atoms with Gasteiger partial charge >= 0.3 is 5.97 Å². The van der Waals surface area contributed by atoms with Crippen LogP contribution in [0.25, 0.3) is 0 Å². The summed E-state index contributed by atoms with van der Waals surface area (Å²) in [6.07, 6.45) is 1.30. The molecule has 5 heteroatoms. The Morgan fingerprint density at radius 1 is 1.40 bits per heavy atom. The summed E-state index contributed by atoms with van der Waals surface area (Å²) in [6.45, 7) is 5.12. The third-order valence-corrected chi connectivity index (χ3v) is 2.52. The third kappa shape index (κ3) is 6.02. The fourth-order valence-electron chi connectivity index (χ4n) is 1.46. The lowest BCUT2D eigenvalue weighted by Crippen LogP contribution is -2.37. The molecule has 0 atom stereocenters. The monoisotopic (exact) mass is 233 g/mol. The zero-order valence-corrected chi connectivity index (χ0v) is 9.88. The van der Waals surface area contributed by atoms with Crippen molar-refractivity contribution >= 4 is 18.6 Å². The van der Waals surface area contributed by atoms with Crippen molar-refractivity contribution in [2.75, 3.05) is 45.2 Å². The van der Waals surface area contributed by atoms with Gasteiger partial charge in [-0.1, -0.05) is 0 Å². The first-order valence-corrected chi connectivity index (χ1v) is 6.03. The van der Waals surface area contributed by atoms with E-state index in [2.05, 4.69) is 17.5 Å². The first-order chi connectivity index (χ1) is 7.33. The molecule has 88 valence electrons. The van der Waals surface area contributed by atoms with Crippen LogP contribution in [0.5, 0.6) is 0 Å². The number of carbonyl (C=O) groups excluding carboxylic acids is 1. The van der Waals surface area contributed by atoms with Crippen LogP contribution in [0, 0.1) is 0 Å². The van der Waals surface area contributed by atoms with Crippen LogP contribution < -0.4 is 0 Å². The maximum atomic E-state index is 11.0. The van der Waals surface area contributed by atoms with Crippen molar-refractivity contribution < 1.29 is 14.3 Å². The van der Waals surface area contributed by atoms with Gasteiger partial charge in [-0.25, -0.2) is 0 Å². The lowest BCUT2D eigenvalue weighted by molar-refractivity contribution is -0.143. The zero-order valence-electron chi connectivity index (χ0n) is 8.98. The fraction of sp³-hybridized carbons (Fsp3) is 0.900. The number of ether oxygens (including phenoxy) is 2. The number of rotatable bonds is 6. The van der Waals surface area contributed by atoms with Gasteiger partial charge in [0, 0.05) is 25.4 Å². The average Bonchev–Trinajstić information content (AvgIpc) is 2.26. The summed E-state index contributed by atoms with van der Waals surface area (Å²) in [6, 6.07) is 0. The molecule has 0 spiro atoms. The third-order valence-electron chi connectivity index (χ3n) is 2.30. The van der Waals surface area contributed by atoms with Crippen molar-refractivity contribution in [1.29, 1.82) is 0 Å². The molecule has 0 unspecified atom stereocenters. The van der Waals surface area contributed by atoms with E-state index in [-0.39, 0.29) is 5.97 Å². The minimum absolute atomic E-state index is 0.146. The molecule has 0 aromatic heterocycles. The van der Waals surface area contributed by atoms with Crippen LogP contribution in [0.15, 0.2) is 0 Å². The topological polar surface area (TPSA) is 38.8 Å². The molecule has 0 aliphatic carbocycles. The molecule has 0 saturated carbocycles. The van der Waals surface area contributed by atoms with Gasteiger partial charge in [0.25, 0.3) is 0 Å². The van der Waals surface area contributed by atoms with E-state index in [1.165, 1.54) is 0 Å². The Bertz CT molecular complexity index is 184. The number of morpholine rings is 1. The normalized spacial score (nSPS) is 17.7. The molecule has 0 aromatic carbocycles. The predicted molar refractivity (Wildman–Crippen MR) is 61.3 cm³/mol. The van der Waals surface area contributed by atoms with Gasteiger partial charge in [0.05, 0.1) is 26.2 Å². The maximum absolute atomic E-state index is 11.0. The van der Waals surface area contributed by atoms with E-state index in [0.29, 0.717) is 18.8 Å². The first-order valence-electron chi connectivity index (χ1n) is 5.39. The highest BCUT2D eigenvalue weighted by Gasteiger charge is 2.09. The quantitative estimate of drug-likeness (QED) is 0.413. The van der Waals surface area contributed by atoms with Crippen LogP contribution in [-0.4, -0.2) is 56.1 Å². The van der Waals surface area contributed by atoms with Gasteiger partial charge in [-0.05, 0) is 6.42 Å². The van der Waals surface area contributed by atoms with Crippen LogP contribution in [0.3, 0.4) is 0 Å². The largest absolute Gasteiger partial charge is 0.466 e. The van der Waals surface area contributed by atoms with Crippen molar-refractivity contribution in [1.82, 2.24) is 4.90 Å². The smallest absolute Gasteiger partial charge is 0.306 e. The van der Waals surface area contributed by atoms with Crippen LogP contribution in [0.4, 0.5) is 0 Å². The van der Waals surface area contributed by atoms with E-state index in [1.54, 1.807) is 0 Å². The van der Waals surface area contributed by atoms with Crippen LogP contribution in [0.1, 0.15) is 12.8 Å². The summed E-state index contributed by atoms with van der Waals surface area (Å²) in [5.74, 6) is 0.412. The van der Waals surface area contributed by atoms with Gasteiger partial charge in [0.15, 0.2) is 0 Å². The summed E-state index contributed by atoms with van der Waals surface area (Å²) in [5, 5.41) is 0. The van der Waals surface area contributed by atoms with Crippen molar-refractivity contribution in [3.63, 3.8) is 0 Å². The number of hydrogen-bond acceptors (Lipinski definition) is 5. The van der Waals surface area contributed by atoms with E-state index in [1.807, 2.05) is 0 Å². The molecular formula is C10H19NO3S. The molecule has 1 aliphatic rings. The van der Waals surface area contributed by atoms with E-state index in [9.17, 15) is 4.79 Å². The van der Waals surface area contributed by atoms with Gasteiger partial charge in [-0.2, -0.15) is 12.6 Å². The summed E-state index contributed by atoms with van der Waals surface area (Å²) in [5.41, 5.74) is 0. The molecule has 1 rings (SSSR count). The van der Waals surface area contributed by atoms with Crippen LogP contribution >= 0.6 is 12.6 Å². The van der Waals surface area contributed by atoms with Gasteiger partial charge < -0.3 is 9.47 Å². The molecule has 1 aliphatic heterocycles. The summed E-state index contributed by atoms with van der Waals surface area (Å²) in [4.78, 5) is 13.3. The Hall–Kier alpha value is -0.260. The molecule has 0 bridgehead atoms. The summed E-state index contributed by atoms with van der Waals surface area (Å²) >= 11 is 3.97. The van der Waals surface area contributed by atoms with Gasteiger partial charge in [0.2, 0.25) is 0 Å². The molecular weight excluding hydrogens is 214 g/mol. The Labute approximate surface area is 96.3 Å². The van der Waals surface area contributed by atoms with E-state index < -0.39 is 0 Å². The highest BCUT2D eigenvalue weighted by Crippen LogP contribution is 1.98. The Morgan fingerprint density at radius 2 is 2.13 bits per heavy atom. The number of nitrogens with zero attached hydrogens (tertiary/aromatic N) is 1. The Kier molecular flexibility index (Phi) is 6.80. The summed E-state index contributed by atoms with van der Waals surface area (Å²) in [7, 11) is 0. The number of carbonyl (C=O) groups is 1. The Balaban J connectivity index is 1.93. The summed E-state index contributed by atoms with van der Waals surface area (Å²) < 4.78 is 10.3. The van der Waals surface area contributed by atoms with E-state index >= 15 is 0 Å². The molecule has 1 heterocycles. The van der Waals surface area contributed by atoms with Crippen molar-refractivity contribution in [2.24, 2.45) is 0 Å². The first kappa shape index (κ1) is 12.8. The second kappa shape index (κ2) is 7.96. The molecule has 1 fully saturated rings. The van der Waals surface area contributed by atoms with Gasteiger partial charge in [-0.15, -0.1) is 0 Å². The number of thiol groups is 1. The second-order valence-electron chi connectivity index (χ2n) is 3.50. The molecule has 0 N–H and O–H groups in total. The SMILES string of the molecule is O=C(CCS)OCCCN1CCOCC1.